The van der Waals surface area contributed by atoms with E-state index in [4.69, 9.17) is 4.74 Å². The van der Waals surface area contributed by atoms with Crippen LogP contribution in [0, 0.1) is 5.82 Å². The molecule has 0 heterocycles. The lowest BCUT2D eigenvalue weighted by atomic mass is 10.0. The van der Waals surface area contributed by atoms with Crippen LogP contribution in [-0.2, 0) is 4.74 Å². The van der Waals surface area contributed by atoms with Gasteiger partial charge in [0.05, 0.1) is 19.8 Å². The van der Waals surface area contributed by atoms with E-state index in [1.54, 1.807) is 0 Å². The lowest BCUT2D eigenvalue weighted by Crippen LogP contribution is -2.02. The molecule has 4 nitrogen and oxygen atoms in total. The lowest BCUT2D eigenvalue weighted by molar-refractivity contribution is 0.0600. The van der Waals surface area contributed by atoms with Crippen LogP contribution in [0.15, 0.2) is 36.4 Å². The molecule has 0 bridgehead atoms. The Morgan fingerprint density at radius 1 is 1.15 bits per heavy atom. The number of hydrogen-bond acceptors (Lipinski definition) is 4. The number of halogens is 1. The van der Waals surface area contributed by atoms with Crippen molar-refractivity contribution in [3.8, 4) is 22.6 Å². The van der Waals surface area contributed by atoms with E-state index in [2.05, 4.69) is 4.74 Å². The minimum absolute atomic E-state index is 0.0409. The molecule has 0 fully saturated rings. The van der Waals surface area contributed by atoms with E-state index >= 15 is 0 Å². The number of hydrogen-bond donors (Lipinski definition) is 1. The maximum atomic E-state index is 13.9. The molecule has 20 heavy (non-hydrogen) atoms. The van der Waals surface area contributed by atoms with E-state index in [0.29, 0.717) is 5.56 Å². The number of aromatic hydroxyl groups is 1. The summed E-state index contributed by atoms with van der Waals surface area (Å²) in [5.41, 5.74) is 0.963. The number of methoxy groups -OCH3 is 2. The van der Waals surface area contributed by atoms with Gasteiger partial charge in [0.2, 0.25) is 0 Å². The number of rotatable bonds is 3. The first kappa shape index (κ1) is 13.9. The number of ether oxygens (including phenoxy) is 2. The third kappa shape index (κ3) is 2.56. The van der Waals surface area contributed by atoms with Gasteiger partial charge in [0.15, 0.2) is 11.5 Å². The number of carbonyl (C=O) groups is 1. The average molecular weight is 276 g/mol. The highest BCUT2D eigenvalue weighted by molar-refractivity contribution is 5.91. The highest BCUT2D eigenvalue weighted by atomic mass is 19.1. The van der Waals surface area contributed by atoms with Crippen LogP contribution in [0.25, 0.3) is 11.1 Å². The smallest absolute Gasteiger partial charge is 0.337 e. The first-order valence-corrected chi connectivity index (χ1v) is 5.82. The van der Waals surface area contributed by atoms with Gasteiger partial charge in [-0.25, -0.2) is 9.18 Å². The Balaban J connectivity index is 2.54. The van der Waals surface area contributed by atoms with Crippen LogP contribution in [0.3, 0.4) is 0 Å². The molecule has 0 atom stereocenters. The van der Waals surface area contributed by atoms with Crippen molar-refractivity contribution >= 4 is 5.97 Å². The monoisotopic (exact) mass is 276 g/mol. The predicted octanol–water partition coefficient (Wildman–Crippen LogP) is 2.99. The molecular formula is C15H13FO4. The molecule has 0 saturated carbocycles. The molecule has 2 aromatic rings. The van der Waals surface area contributed by atoms with E-state index < -0.39 is 11.8 Å². The normalized spacial score (nSPS) is 10.2. The predicted molar refractivity (Wildman–Crippen MR) is 71.4 cm³/mol. The topological polar surface area (TPSA) is 55.8 Å². The summed E-state index contributed by atoms with van der Waals surface area (Å²) in [7, 11) is 2.66. The van der Waals surface area contributed by atoms with Gasteiger partial charge in [0.25, 0.3) is 0 Å². The molecule has 0 aliphatic heterocycles. The molecule has 0 aliphatic carbocycles. The van der Waals surface area contributed by atoms with Crippen molar-refractivity contribution in [2.24, 2.45) is 0 Å². The summed E-state index contributed by atoms with van der Waals surface area (Å²) >= 11 is 0. The average Bonchev–Trinajstić information content (AvgIpc) is 2.47. The Kier molecular flexibility index (Phi) is 3.89. The fraction of sp³-hybridized carbons (Fsp3) is 0.133. The fourth-order valence-corrected chi connectivity index (χ4v) is 1.84. The van der Waals surface area contributed by atoms with E-state index in [0.717, 1.165) is 0 Å². The largest absolute Gasteiger partial charge is 0.504 e. The molecule has 0 aromatic heterocycles. The maximum Gasteiger partial charge on any atom is 0.337 e. The Labute approximate surface area is 115 Å². The highest BCUT2D eigenvalue weighted by Gasteiger charge is 2.13. The maximum absolute atomic E-state index is 13.9. The van der Waals surface area contributed by atoms with Gasteiger partial charge in [-0.05, 0) is 35.9 Å². The van der Waals surface area contributed by atoms with Crippen molar-refractivity contribution in [3.05, 3.63) is 47.8 Å². The minimum Gasteiger partial charge on any atom is -0.504 e. The van der Waals surface area contributed by atoms with Crippen LogP contribution in [0.1, 0.15) is 10.4 Å². The summed E-state index contributed by atoms with van der Waals surface area (Å²) in [5, 5.41) is 9.54. The standard InChI is InChI=1S/C15H13FO4/c1-19-14-8-9(4-6-13(14)17)11-7-10(15(18)20-2)3-5-12(11)16/h3-8,17H,1-2H3. The molecule has 0 saturated heterocycles. The van der Waals surface area contributed by atoms with Gasteiger partial charge in [-0.3, -0.25) is 0 Å². The van der Waals surface area contributed by atoms with Crippen molar-refractivity contribution < 1.29 is 23.8 Å². The number of phenols is 1. The van der Waals surface area contributed by atoms with Crippen LogP contribution in [0.2, 0.25) is 0 Å². The van der Waals surface area contributed by atoms with Gasteiger partial charge < -0.3 is 14.6 Å². The van der Waals surface area contributed by atoms with E-state index in [1.807, 2.05) is 0 Å². The van der Waals surface area contributed by atoms with Crippen molar-refractivity contribution in [2.45, 2.75) is 0 Å². The molecule has 0 radical (unpaired) electrons. The highest BCUT2D eigenvalue weighted by Crippen LogP contribution is 2.33. The van der Waals surface area contributed by atoms with Crippen molar-refractivity contribution in [3.63, 3.8) is 0 Å². The molecule has 0 aliphatic rings. The van der Waals surface area contributed by atoms with Crippen LogP contribution >= 0.6 is 0 Å². The first-order chi connectivity index (χ1) is 9.56. The Morgan fingerprint density at radius 2 is 1.90 bits per heavy atom. The van der Waals surface area contributed by atoms with Crippen molar-refractivity contribution in [1.29, 1.82) is 0 Å². The number of benzene rings is 2. The summed E-state index contributed by atoms with van der Waals surface area (Å²) in [4.78, 5) is 11.5. The van der Waals surface area contributed by atoms with Gasteiger partial charge in [-0.1, -0.05) is 6.07 Å². The number of esters is 1. The molecule has 2 aromatic carbocycles. The summed E-state index contributed by atoms with van der Waals surface area (Å²) in [6, 6.07) is 8.38. The number of carbonyl (C=O) groups excluding carboxylic acids is 1. The Morgan fingerprint density at radius 3 is 2.55 bits per heavy atom. The Bertz CT molecular complexity index is 652. The number of phenolic OH excluding ortho intramolecular Hbond substituents is 1. The van der Waals surface area contributed by atoms with Gasteiger partial charge in [-0.15, -0.1) is 0 Å². The third-order valence-corrected chi connectivity index (χ3v) is 2.88. The van der Waals surface area contributed by atoms with Crippen LogP contribution in [0.4, 0.5) is 4.39 Å². The second kappa shape index (κ2) is 5.61. The van der Waals surface area contributed by atoms with Crippen molar-refractivity contribution in [2.75, 3.05) is 14.2 Å². The lowest BCUT2D eigenvalue weighted by Gasteiger charge is -2.09. The summed E-state index contributed by atoms with van der Waals surface area (Å²) in [6.07, 6.45) is 0. The molecule has 0 spiro atoms. The molecular weight excluding hydrogens is 263 g/mol. The molecule has 2 rings (SSSR count). The zero-order valence-electron chi connectivity index (χ0n) is 11.0. The fourth-order valence-electron chi connectivity index (χ4n) is 1.84. The van der Waals surface area contributed by atoms with Gasteiger partial charge in [0, 0.05) is 5.56 Å². The van der Waals surface area contributed by atoms with Gasteiger partial charge in [0.1, 0.15) is 5.82 Å². The van der Waals surface area contributed by atoms with E-state index in [-0.39, 0.29) is 22.6 Å². The SMILES string of the molecule is COC(=O)c1ccc(F)c(-c2ccc(O)c(OC)c2)c1. The zero-order valence-corrected chi connectivity index (χ0v) is 11.0. The summed E-state index contributed by atoms with van der Waals surface area (Å²) in [5.74, 6) is -0.839. The summed E-state index contributed by atoms with van der Waals surface area (Å²) in [6.45, 7) is 0. The molecule has 104 valence electrons. The Hall–Kier alpha value is -2.56. The first-order valence-electron chi connectivity index (χ1n) is 5.82. The minimum atomic E-state index is -0.544. The van der Waals surface area contributed by atoms with E-state index in [9.17, 15) is 14.3 Å². The van der Waals surface area contributed by atoms with Gasteiger partial charge in [-0.2, -0.15) is 0 Å². The van der Waals surface area contributed by atoms with Crippen LogP contribution in [0.5, 0.6) is 11.5 Å². The van der Waals surface area contributed by atoms with Crippen LogP contribution < -0.4 is 4.74 Å². The second-order valence-electron chi connectivity index (χ2n) is 4.07. The van der Waals surface area contributed by atoms with Crippen molar-refractivity contribution in [1.82, 2.24) is 0 Å². The third-order valence-electron chi connectivity index (χ3n) is 2.88. The molecule has 1 N–H and O–H groups in total. The van der Waals surface area contributed by atoms with Crippen LogP contribution in [-0.4, -0.2) is 25.3 Å². The summed E-state index contributed by atoms with van der Waals surface area (Å²) < 4.78 is 23.5. The molecule has 0 unspecified atom stereocenters. The van der Waals surface area contributed by atoms with E-state index in [1.165, 1.54) is 50.6 Å². The second-order valence-corrected chi connectivity index (χ2v) is 4.07. The zero-order chi connectivity index (χ0) is 14.7. The quantitative estimate of drug-likeness (QED) is 0.876. The molecule has 0 amide bonds. The molecule has 5 heteroatoms. The van der Waals surface area contributed by atoms with Gasteiger partial charge >= 0.3 is 5.97 Å².